The van der Waals surface area contributed by atoms with E-state index in [9.17, 15) is 0 Å². The number of hydrogen-bond acceptors (Lipinski definition) is 2. The molecular formula is C37H33BN2. The van der Waals surface area contributed by atoms with Gasteiger partial charge in [-0.25, -0.2) is 0 Å². The van der Waals surface area contributed by atoms with Gasteiger partial charge >= 0.3 is 0 Å². The van der Waals surface area contributed by atoms with Crippen molar-refractivity contribution in [2.45, 2.75) is 44.9 Å². The van der Waals surface area contributed by atoms with E-state index in [4.69, 9.17) is 0 Å². The number of aryl methyl sites for hydroxylation is 1. The maximum Gasteiger partial charge on any atom is 0.252 e. The van der Waals surface area contributed by atoms with Crippen LogP contribution in [-0.2, 0) is 0 Å². The summed E-state index contributed by atoms with van der Waals surface area (Å²) in [5.41, 5.74) is 14.6. The number of rotatable bonds is 3. The zero-order valence-electron chi connectivity index (χ0n) is 23.1. The van der Waals surface area contributed by atoms with Crippen molar-refractivity contribution in [3.8, 4) is 0 Å². The van der Waals surface area contributed by atoms with Crippen LogP contribution >= 0.6 is 0 Å². The number of hydrogen-bond donors (Lipinski definition) is 0. The van der Waals surface area contributed by atoms with E-state index >= 15 is 0 Å². The smallest absolute Gasteiger partial charge is 0.252 e. The molecule has 194 valence electrons. The van der Waals surface area contributed by atoms with Crippen LogP contribution in [0.15, 0.2) is 115 Å². The highest BCUT2D eigenvalue weighted by Gasteiger charge is 2.43. The monoisotopic (exact) mass is 516 g/mol. The van der Waals surface area contributed by atoms with Gasteiger partial charge in [0.2, 0.25) is 0 Å². The Kier molecular flexibility index (Phi) is 5.58. The first kappa shape index (κ1) is 23.6. The highest BCUT2D eigenvalue weighted by atomic mass is 15.2. The van der Waals surface area contributed by atoms with Crippen LogP contribution in [0.2, 0.25) is 0 Å². The first-order valence-electron chi connectivity index (χ1n) is 14.9. The standard InChI is InChI=1S/C37H33BN2/c1-26-19-22-30(23-20-26)40-34-24-21-28(27-11-4-2-5-12-27)25-32(34)38-31-15-8-9-16-33(31)39(29-13-6-3-7-14-29)35-17-10-18-36(40)37(35)38/h3,6-10,13-25,27H,2,4-5,11-12H2,1H3. The van der Waals surface area contributed by atoms with Crippen molar-refractivity contribution in [1.82, 2.24) is 0 Å². The third kappa shape index (κ3) is 3.64. The van der Waals surface area contributed by atoms with Gasteiger partial charge in [-0.2, -0.15) is 0 Å². The van der Waals surface area contributed by atoms with E-state index in [1.807, 2.05) is 0 Å². The summed E-state index contributed by atoms with van der Waals surface area (Å²) in [4.78, 5) is 4.97. The van der Waals surface area contributed by atoms with Gasteiger partial charge in [0, 0.05) is 34.1 Å². The van der Waals surface area contributed by atoms with Crippen molar-refractivity contribution >= 4 is 57.2 Å². The number of benzene rings is 5. The Labute approximate surface area is 238 Å². The van der Waals surface area contributed by atoms with E-state index < -0.39 is 0 Å². The first-order chi connectivity index (χ1) is 19.8. The number of nitrogens with zero attached hydrogens (tertiary/aromatic N) is 2. The quantitative estimate of drug-likeness (QED) is 0.219. The van der Waals surface area contributed by atoms with Gasteiger partial charge in [-0.15, -0.1) is 0 Å². The Morgan fingerprint density at radius 2 is 1.18 bits per heavy atom. The van der Waals surface area contributed by atoms with Crippen molar-refractivity contribution < 1.29 is 0 Å². The van der Waals surface area contributed by atoms with Gasteiger partial charge < -0.3 is 9.80 Å². The molecule has 1 fully saturated rings. The fraction of sp³-hybridized carbons (Fsp3) is 0.189. The van der Waals surface area contributed by atoms with Gasteiger partial charge in [-0.05, 0) is 96.2 Å². The van der Waals surface area contributed by atoms with Gasteiger partial charge in [0.05, 0.1) is 0 Å². The molecule has 3 aliphatic rings. The molecule has 5 aromatic rings. The lowest BCUT2D eigenvalue weighted by Gasteiger charge is -2.44. The molecule has 5 aromatic carbocycles. The average molecular weight is 516 g/mol. The van der Waals surface area contributed by atoms with Crippen molar-refractivity contribution in [3.05, 3.63) is 126 Å². The van der Waals surface area contributed by atoms with Crippen LogP contribution in [0.4, 0.5) is 34.1 Å². The third-order valence-corrected chi connectivity index (χ3v) is 9.31. The molecule has 0 spiro atoms. The fourth-order valence-corrected chi connectivity index (χ4v) is 7.43. The molecule has 1 aliphatic carbocycles. The van der Waals surface area contributed by atoms with E-state index in [0.29, 0.717) is 5.92 Å². The minimum Gasteiger partial charge on any atom is -0.311 e. The largest absolute Gasteiger partial charge is 0.311 e. The fourth-order valence-electron chi connectivity index (χ4n) is 7.43. The highest BCUT2D eigenvalue weighted by Crippen LogP contribution is 2.44. The third-order valence-electron chi connectivity index (χ3n) is 9.31. The molecule has 0 amide bonds. The Morgan fingerprint density at radius 1 is 0.550 bits per heavy atom. The summed E-state index contributed by atoms with van der Waals surface area (Å²) in [6, 6.07) is 43.2. The van der Waals surface area contributed by atoms with Crippen LogP contribution < -0.4 is 26.2 Å². The second-order valence-corrected chi connectivity index (χ2v) is 11.7. The summed E-state index contributed by atoms with van der Waals surface area (Å²) < 4.78 is 0. The molecular weight excluding hydrogens is 483 g/mol. The van der Waals surface area contributed by atoms with Crippen molar-refractivity contribution in [3.63, 3.8) is 0 Å². The van der Waals surface area contributed by atoms with Crippen LogP contribution in [0.3, 0.4) is 0 Å². The Hall–Kier alpha value is -4.24. The minimum atomic E-state index is 0.197. The number of anilines is 6. The summed E-state index contributed by atoms with van der Waals surface area (Å²) >= 11 is 0. The summed E-state index contributed by atoms with van der Waals surface area (Å²) in [7, 11) is 0. The molecule has 3 heteroatoms. The minimum absolute atomic E-state index is 0.197. The van der Waals surface area contributed by atoms with Gasteiger partial charge in [-0.3, -0.25) is 0 Å². The van der Waals surface area contributed by atoms with E-state index in [1.54, 1.807) is 0 Å². The first-order valence-corrected chi connectivity index (χ1v) is 14.9. The molecule has 0 saturated heterocycles. The Morgan fingerprint density at radius 3 is 1.93 bits per heavy atom. The van der Waals surface area contributed by atoms with E-state index in [2.05, 4.69) is 132 Å². The highest BCUT2D eigenvalue weighted by molar-refractivity contribution is 7.00. The van der Waals surface area contributed by atoms with Crippen molar-refractivity contribution in [2.24, 2.45) is 0 Å². The molecule has 0 aromatic heterocycles. The topological polar surface area (TPSA) is 6.48 Å². The van der Waals surface area contributed by atoms with Crippen LogP contribution in [0.5, 0.6) is 0 Å². The molecule has 0 atom stereocenters. The summed E-state index contributed by atoms with van der Waals surface area (Å²) in [5, 5.41) is 0. The molecule has 0 radical (unpaired) electrons. The number of para-hydroxylation sites is 2. The second kappa shape index (κ2) is 9.45. The zero-order chi connectivity index (χ0) is 26.6. The predicted molar refractivity (Wildman–Crippen MR) is 171 cm³/mol. The lowest BCUT2D eigenvalue weighted by molar-refractivity contribution is 0.444. The molecule has 2 nitrogen and oxygen atoms in total. The molecule has 0 N–H and O–H groups in total. The van der Waals surface area contributed by atoms with Crippen LogP contribution in [0.25, 0.3) is 0 Å². The average Bonchev–Trinajstić information content (AvgIpc) is 3.02. The van der Waals surface area contributed by atoms with Crippen LogP contribution in [0, 0.1) is 6.92 Å². The predicted octanol–water partition coefficient (Wildman–Crippen LogP) is 8.13. The summed E-state index contributed by atoms with van der Waals surface area (Å²) in [6.07, 6.45) is 6.70. The van der Waals surface area contributed by atoms with Crippen LogP contribution in [-0.4, -0.2) is 6.71 Å². The molecule has 2 aliphatic heterocycles. The van der Waals surface area contributed by atoms with Crippen LogP contribution in [0.1, 0.15) is 49.1 Å². The molecule has 2 heterocycles. The molecule has 0 bridgehead atoms. The number of fused-ring (bicyclic) bond motifs is 4. The van der Waals surface area contributed by atoms with E-state index in [-0.39, 0.29) is 6.71 Å². The SMILES string of the molecule is Cc1ccc(N2c3ccc(C4CCCCC4)cc3B3c4ccccc4N(c4ccccc4)c4cccc2c43)cc1. The zero-order valence-corrected chi connectivity index (χ0v) is 23.1. The molecule has 40 heavy (non-hydrogen) atoms. The molecule has 8 rings (SSSR count). The lowest BCUT2D eigenvalue weighted by atomic mass is 9.33. The summed E-state index contributed by atoms with van der Waals surface area (Å²) in [6.45, 7) is 2.36. The van der Waals surface area contributed by atoms with Crippen molar-refractivity contribution in [1.29, 1.82) is 0 Å². The second-order valence-electron chi connectivity index (χ2n) is 11.7. The van der Waals surface area contributed by atoms with E-state index in [0.717, 1.165) is 0 Å². The maximum atomic E-state index is 2.58. The molecule has 0 unspecified atom stereocenters. The van der Waals surface area contributed by atoms with Gasteiger partial charge in [0.25, 0.3) is 6.71 Å². The Balaban J connectivity index is 1.41. The van der Waals surface area contributed by atoms with E-state index in [1.165, 1.54) is 93.7 Å². The maximum absolute atomic E-state index is 2.58. The normalized spacial score (nSPS) is 15.9. The van der Waals surface area contributed by atoms with Gasteiger partial charge in [0.15, 0.2) is 0 Å². The lowest BCUT2D eigenvalue weighted by Crippen LogP contribution is -2.61. The van der Waals surface area contributed by atoms with Gasteiger partial charge in [-0.1, -0.05) is 91.6 Å². The molecule has 1 saturated carbocycles. The summed E-state index contributed by atoms with van der Waals surface area (Å²) in [5.74, 6) is 0.670. The van der Waals surface area contributed by atoms with Gasteiger partial charge in [0.1, 0.15) is 0 Å². The Bertz CT molecular complexity index is 1700. The van der Waals surface area contributed by atoms with Crippen molar-refractivity contribution in [2.75, 3.05) is 9.80 Å².